The summed E-state index contributed by atoms with van der Waals surface area (Å²) in [7, 11) is 0. The third-order valence-corrected chi connectivity index (χ3v) is 4.00. The molecule has 5 heteroatoms. The Hall–Kier alpha value is -3.21. The van der Waals surface area contributed by atoms with Gasteiger partial charge in [0.15, 0.2) is 11.9 Å². The number of Topliss-reactive ketones (excluding diaryl/α,β-unsaturated/α-hetero) is 1. The number of ether oxygens (including phenoxy) is 1. The maximum atomic E-state index is 12.6. The van der Waals surface area contributed by atoms with E-state index in [1.807, 2.05) is 71.4 Å². The summed E-state index contributed by atoms with van der Waals surface area (Å²) in [5, 5.41) is 3.70. The Morgan fingerprint density at radius 1 is 1.00 bits per heavy atom. The summed E-state index contributed by atoms with van der Waals surface area (Å²) in [5.74, 6) is 0.639. The molecule has 0 radical (unpaired) electrons. The topological polar surface area (TPSA) is 59.3 Å². The molecule has 1 heterocycles. The van der Waals surface area contributed by atoms with Crippen molar-refractivity contribution in [3.63, 3.8) is 0 Å². The largest absolute Gasteiger partial charge is 0.485 e. The van der Waals surface area contributed by atoms with Gasteiger partial charge in [-0.3, -0.25) is 9.59 Å². The summed E-state index contributed by atoms with van der Waals surface area (Å²) in [5.41, 5.74) is 1.54. The summed E-state index contributed by atoms with van der Waals surface area (Å²) in [6.07, 6.45) is 1.88. The minimum absolute atomic E-state index is 0.0381. The molecular weight excluding hydrogens is 328 g/mol. The number of aromatic nitrogens is 1. The van der Waals surface area contributed by atoms with Gasteiger partial charge in [-0.25, -0.2) is 0 Å². The fourth-order valence-corrected chi connectivity index (χ4v) is 2.81. The SMILES string of the molecule is CC(=O)NCCOc1cccc2ccc[n+](CC(=O)c3ccccc3)c12. The lowest BCUT2D eigenvalue weighted by molar-refractivity contribution is -0.657. The molecule has 0 aliphatic carbocycles. The van der Waals surface area contributed by atoms with Gasteiger partial charge < -0.3 is 10.1 Å². The molecule has 3 aromatic rings. The van der Waals surface area contributed by atoms with Gasteiger partial charge in [-0.05, 0) is 18.2 Å². The van der Waals surface area contributed by atoms with Crippen molar-refractivity contribution >= 4 is 22.6 Å². The first kappa shape index (κ1) is 17.6. The van der Waals surface area contributed by atoms with Crippen LogP contribution < -0.4 is 14.6 Å². The van der Waals surface area contributed by atoms with E-state index in [4.69, 9.17) is 4.74 Å². The molecule has 1 aromatic heterocycles. The van der Waals surface area contributed by atoms with E-state index in [1.54, 1.807) is 0 Å². The second kappa shape index (κ2) is 8.25. The summed E-state index contributed by atoms with van der Waals surface area (Å²) >= 11 is 0. The zero-order valence-electron chi connectivity index (χ0n) is 14.6. The van der Waals surface area contributed by atoms with Crippen LogP contribution in [0.5, 0.6) is 5.75 Å². The van der Waals surface area contributed by atoms with E-state index in [1.165, 1.54) is 6.92 Å². The van der Waals surface area contributed by atoms with Gasteiger partial charge in [0.1, 0.15) is 6.61 Å². The van der Waals surface area contributed by atoms with Crippen molar-refractivity contribution < 1.29 is 18.9 Å². The molecule has 0 unspecified atom stereocenters. The molecule has 1 N–H and O–H groups in total. The van der Waals surface area contributed by atoms with Gasteiger partial charge in [-0.2, -0.15) is 4.57 Å². The lowest BCUT2D eigenvalue weighted by atomic mass is 10.1. The fourth-order valence-electron chi connectivity index (χ4n) is 2.81. The fraction of sp³-hybridized carbons (Fsp3) is 0.190. The highest BCUT2D eigenvalue weighted by atomic mass is 16.5. The Morgan fingerprint density at radius 2 is 1.77 bits per heavy atom. The Kier molecular flexibility index (Phi) is 5.59. The Labute approximate surface area is 152 Å². The minimum Gasteiger partial charge on any atom is -0.485 e. The van der Waals surface area contributed by atoms with E-state index < -0.39 is 0 Å². The van der Waals surface area contributed by atoms with Gasteiger partial charge in [-0.1, -0.05) is 36.4 Å². The number of carbonyl (C=O) groups excluding carboxylic acids is 2. The van der Waals surface area contributed by atoms with Crippen LogP contribution in [0.15, 0.2) is 66.9 Å². The highest BCUT2D eigenvalue weighted by molar-refractivity contribution is 5.95. The zero-order chi connectivity index (χ0) is 18.4. The van der Waals surface area contributed by atoms with Gasteiger partial charge in [0.2, 0.25) is 18.2 Å². The van der Waals surface area contributed by atoms with E-state index in [2.05, 4.69) is 5.32 Å². The summed E-state index contributed by atoms with van der Waals surface area (Å²) < 4.78 is 7.75. The standard InChI is InChI=1S/C21H20N2O3/c1-16(24)22-12-14-26-20-11-5-9-18-10-6-13-23(21(18)20)15-19(25)17-7-3-2-4-8-17/h2-11,13H,12,14-15H2,1H3/p+1. The number of hydrogen-bond acceptors (Lipinski definition) is 3. The Balaban J connectivity index is 1.85. The van der Waals surface area contributed by atoms with Crippen molar-refractivity contribution in [3.05, 3.63) is 72.4 Å². The van der Waals surface area contributed by atoms with Crippen LogP contribution in [0.4, 0.5) is 0 Å². The molecule has 0 atom stereocenters. The number of amides is 1. The number of fused-ring (bicyclic) bond motifs is 1. The summed E-state index contributed by atoms with van der Waals surface area (Å²) in [4.78, 5) is 23.6. The van der Waals surface area contributed by atoms with Crippen molar-refractivity contribution in [2.75, 3.05) is 13.2 Å². The predicted octanol–water partition coefficient (Wildman–Crippen LogP) is 2.53. The number of hydrogen-bond donors (Lipinski definition) is 1. The van der Waals surface area contributed by atoms with E-state index in [0.29, 0.717) is 24.5 Å². The lowest BCUT2D eigenvalue weighted by Gasteiger charge is -2.09. The average Bonchev–Trinajstić information content (AvgIpc) is 2.66. The van der Waals surface area contributed by atoms with Crippen molar-refractivity contribution in [2.24, 2.45) is 0 Å². The monoisotopic (exact) mass is 349 g/mol. The van der Waals surface area contributed by atoms with Crippen molar-refractivity contribution in [1.29, 1.82) is 0 Å². The Morgan fingerprint density at radius 3 is 2.54 bits per heavy atom. The Bertz CT molecular complexity index is 918. The molecule has 5 nitrogen and oxygen atoms in total. The highest BCUT2D eigenvalue weighted by Crippen LogP contribution is 2.22. The van der Waals surface area contributed by atoms with Crippen molar-refractivity contribution in [1.82, 2.24) is 5.32 Å². The zero-order valence-corrected chi connectivity index (χ0v) is 14.6. The van der Waals surface area contributed by atoms with Crippen molar-refractivity contribution in [2.45, 2.75) is 13.5 Å². The second-order valence-corrected chi connectivity index (χ2v) is 5.95. The van der Waals surface area contributed by atoms with Gasteiger partial charge >= 0.3 is 0 Å². The molecule has 26 heavy (non-hydrogen) atoms. The van der Waals surface area contributed by atoms with E-state index in [0.717, 1.165) is 10.9 Å². The van der Waals surface area contributed by atoms with Crippen LogP contribution in [0.3, 0.4) is 0 Å². The number of para-hydroxylation sites is 1. The second-order valence-electron chi connectivity index (χ2n) is 5.95. The van der Waals surface area contributed by atoms with Gasteiger partial charge in [0.05, 0.1) is 11.9 Å². The molecule has 2 aromatic carbocycles. The maximum absolute atomic E-state index is 12.6. The number of nitrogens with one attached hydrogen (secondary N) is 1. The van der Waals surface area contributed by atoms with Gasteiger partial charge in [-0.15, -0.1) is 0 Å². The van der Waals surface area contributed by atoms with Crippen LogP contribution in [-0.4, -0.2) is 24.8 Å². The molecule has 1 amide bonds. The number of nitrogens with zero attached hydrogens (tertiary/aromatic N) is 1. The molecule has 3 rings (SSSR count). The number of carbonyl (C=O) groups is 2. The van der Waals surface area contributed by atoms with Gasteiger partial charge in [0, 0.05) is 18.6 Å². The molecule has 0 aliphatic heterocycles. The third-order valence-electron chi connectivity index (χ3n) is 4.00. The number of ketones is 1. The van der Waals surface area contributed by atoms with Gasteiger partial charge in [0.25, 0.3) is 5.52 Å². The van der Waals surface area contributed by atoms with Crippen LogP contribution in [0.2, 0.25) is 0 Å². The maximum Gasteiger partial charge on any atom is 0.255 e. The normalized spacial score (nSPS) is 10.5. The minimum atomic E-state index is -0.0879. The first-order valence-electron chi connectivity index (χ1n) is 8.52. The number of rotatable bonds is 7. The number of pyridine rings is 1. The lowest BCUT2D eigenvalue weighted by Crippen LogP contribution is -2.38. The average molecular weight is 349 g/mol. The quantitative estimate of drug-likeness (QED) is 0.405. The summed E-state index contributed by atoms with van der Waals surface area (Å²) in [6.45, 7) is 2.50. The first-order chi connectivity index (χ1) is 12.6. The highest BCUT2D eigenvalue weighted by Gasteiger charge is 2.18. The summed E-state index contributed by atoms with van der Waals surface area (Å²) in [6, 6.07) is 18.9. The molecule has 0 saturated carbocycles. The number of benzene rings is 2. The van der Waals surface area contributed by atoms with Crippen LogP contribution in [0, 0.1) is 0 Å². The van der Waals surface area contributed by atoms with E-state index in [-0.39, 0.29) is 18.2 Å². The van der Waals surface area contributed by atoms with Crippen LogP contribution in [0.25, 0.3) is 10.9 Å². The molecule has 0 bridgehead atoms. The van der Waals surface area contributed by atoms with Crippen LogP contribution in [-0.2, 0) is 11.3 Å². The van der Waals surface area contributed by atoms with Crippen molar-refractivity contribution in [3.8, 4) is 5.75 Å². The van der Waals surface area contributed by atoms with E-state index in [9.17, 15) is 9.59 Å². The predicted molar refractivity (Wildman–Crippen MR) is 99.1 cm³/mol. The first-order valence-corrected chi connectivity index (χ1v) is 8.52. The van der Waals surface area contributed by atoms with Crippen LogP contribution in [0.1, 0.15) is 17.3 Å². The van der Waals surface area contributed by atoms with Crippen LogP contribution >= 0.6 is 0 Å². The molecule has 0 aliphatic rings. The third kappa shape index (κ3) is 4.25. The molecular formula is C21H21N2O3+. The van der Waals surface area contributed by atoms with E-state index >= 15 is 0 Å². The molecule has 0 spiro atoms. The molecule has 132 valence electrons. The molecule has 0 fully saturated rings. The smallest absolute Gasteiger partial charge is 0.255 e. The molecule has 0 saturated heterocycles.